The Bertz CT molecular complexity index is 627. The Hall–Kier alpha value is -0.720. The first-order valence-electron chi connectivity index (χ1n) is 6.70. The molecule has 1 aliphatic heterocycles. The second-order valence-corrected chi connectivity index (χ2v) is 6.31. The fourth-order valence-corrected chi connectivity index (χ4v) is 3.30. The second-order valence-electron chi connectivity index (χ2n) is 5.01. The highest BCUT2D eigenvalue weighted by molar-refractivity contribution is 9.10. The van der Waals surface area contributed by atoms with Gasteiger partial charge in [0.2, 0.25) is 0 Å². The van der Waals surface area contributed by atoms with E-state index in [0.29, 0.717) is 0 Å². The summed E-state index contributed by atoms with van der Waals surface area (Å²) in [5.41, 5.74) is 1.95. The summed E-state index contributed by atoms with van der Waals surface area (Å²) in [6.07, 6.45) is 5.64. The highest BCUT2D eigenvalue weighted by Crippen LogP contribution is 2.17. The Morgan fingerprint density at radius 1 is 1.32 bits per heavy atom. The summed E-state index contributed by atoms with van der Waals surface area (Å²) >= 11 is 8.81. The van der Waals surface area contributed by atoms with E-state index in [1.165, 1.54) is 25.9 Å². The molecule has 6 heteroatoms. The average molecular weight is 341 g/mol. The van der Waals surface area contributed by atoms with Crippen molar-refractivity contribution in [1.82, 2.24) is 19.4 Å². The molecule has 3 rings (SSSR count). The molecule has 1 N–H and O–H groups in total. The van der Waals surface area contributed by atoms with Gasteiger partial charge in [-0.25, -0.2) is 4.98 Å². The van der Waals surface area contributed by atoms with Gasteiger partial charge in [0, 0.05) is 17.2 Å². The quantitative estimate of drug-likeness (QED) is 0.867. The highest BCUT2D eigenvalue weighted by Gasteiger charge is 2.11. The minimum Gasteiger partial charge on any atom is -0.329 e. The van der Waals surface area contributed by atoms with Crippen LogP contribution >= 0.6 is 28.1 Å². The van der Waals surface area contributed by atoms with Crippen LogP contribution in [0, 0.1) is 4.77 Å². The first kappa shape index (κ1) is 13.3. The van der Waals surface area contributed by atoms with Gasteiger partial charge in [-0.2, -0.15) is 0 Å². The predicted octanol–water partition coefficient (Wildman–Crippen LogP) is 3.34. The number of rotatable bonds is 4. The fraction of sp³-hybridized carbons (Fsp3) is 0.538. The number of fused-ring (bicyclic) bond motifs is 1. The highest BCUT2D eigenvalue weighted by atomic mass is 79.9. The SMILES string of the molecule is S=c1[nH]c2cc(Br)cnc2n1CCCN1CCCC1. The van der Waals surface area contributed by atoms with Crippen LogP contribution in [0.2, 0.25) is 0 Å². The van der Waals surface area contributed by atoms with Crippen LogP contribution < -0.4 is 0 Å². The Kier molecular flexibility index (Phi) is 4.00. The zero-order valence-electron chi connectivity index (χ0n) is 10.7. The van der Waals surface area contributed by atoms with Gasteiger partial charge in [0.25, 0.3) is 0 Å². The molecule has 0 unspecified atom stereocenters. The van der Waals surface area contributed by atoms with Gasteiger partial charge in [-0.3, -0.25) is 0 Å². The van der Waals surface area contributed by atoms with Gasteiger partial charge in [0.15, 0.2) is 10.4 Å². The molecule has 0 bridgehead atoms. The van der Waals surface area contributed by atoms with Crippen LogP contribution in [0.25, 0.3) is 11.2 Å². The number of H-pyrrole nitrogens is 1. The molecule has 0 aromatic carbocycles. The Labute approximate surface area is 126 Å². The van der Waals surface area contributed by atoms with Crippen LogP contribution in [0.5, 0.6) is 0 Å². The molecule has 0 saturated carbocycles. The van der Waals surface area contributed by atoms with Crippen molar-refractivity contribution in [3.63, 3.8) is 0 Å². The number of aromatic amines is 1. The van der Waals surface area contributed by atoms with E-state index in [1.54, 1.807) is 0 Å². The molecule has 0 amide bonds. The number of pyridine rings is 1. The number of likely N-dealkylation sites (tertiary alicyclic amines) is 1. The lowest BCUT2D eigenvalue weighted by atomic mass is 10.4. The first-order valence-corrected chi connectivity index (χ1v) is 7.90. The average Bonchev–Trinajstić information content (AvgIpc) is 2.98. The standard InChI is InChI=1S/C13H17BrN4S/c14-10-8-11-12(15-9-10)18(13(19)16-11)7-3-6-17-4-1-2-5-17/h8-9H,1-7H2,(H,16,19). The summed E-state index contributed by atoms with van der Waals surface area (Å²) in [7, 11) is 0. The molecule has 2 aromatic heterocycles. The van der Waals surface area contributed by atoms with E-state index < -0.39 is 0 Å². The lowest BCUT2D eigenvalue weighted by Gasteiger charge is -2.14. The monoisotopic (exact) mass is 340 g/mol. The molecular weight excluding hydrogens is 324 g/mol. The maximum Gasteiger partial charge on any atom is 0.179 e. The first-order chi connectivity index (χ1) is 9.24. The minimum atomic E-state index is 0.766. The number of aryl methyl sites for hydroxylation is 1. The largest absolute Gasteiger partial charge is 0.329 e. The molecule has 1 aliphatic rings. The van der Waals surface area contributed by atoms with Crippen LogP contribution in [0.3, 0.4) is 0 Å². The predicted molar refractivity (Wildman–Crippen MR) is 82.9 cm³/mol. The van der Waals surface area contributed by atoms with Crippen LogP contribution in [0.15, 0.2) is 16.7 Å². The van der Waals surface area contributed by atoms with Gasteiger partial charge in [-0.1, -0.05) is 0 Å². The Morgan fingerprint density at radius 3 is 2.89 bits per heavy atom. The number of nitrogens with zero attached hydrogens (tertiary/aromatic N) is 3. The van der Waals surface area contributed by atoms with E-state index >= 15 is 0 Å². The number of imidazole rings is 1. The van der Waals surface area contributed by atoms with E-state index in [2.05, 4.69) is 35.4 Å². The Balaban J connectivity index is 1.73. The molecule has 2 aromatic rings. The van der Waals surface area contributed by atoms with Crippen molar-refractivity contribution in [3.8, 4) is 0 Å². The van der Waals surface area contributed by atoms with Crippen molar-refractivity contribution < 1.29 is 0 Å². The van der Waals surface area contributed by atoms with Crippen molar-refractivity contribution in [2.75, 3.05) is 19.6 Å². The van der Waals surface area contributed by atoms with Crippen molar-refractivity contribution in [1.29, 1.82) is 0 Å². The molecule has 0 aliphatic carbocycles. The van der Waals surface area contributed by atoms with Crippen molar-refractivity contribution in [3.05, 3.63) is 21.5 Å². The van der Waals surface area contributed by atoms with E-state index in [1.807, 2.05) is 12.3 Å². The lowest BCUT2D eigenvalue weighted by molar-refractivity contribution is 0.325. The summed E-state index contributed by atoms with van der Waals surface area (Å²) in [5, 5.41) is 0. The molecule has 0 atom stereocenters. The molecule has 4 nitrogen and oxygen atoms in total. The van der Waals surface area contributed by atoms with E-state index in [4.69, 9.17) is 12.2 Å². The number of nitrogens with one attached hydrogen (secondary N) is 1. The maximum absolute atomic E-state index is 5.38. The zero-order valence-corrected chi connectivity index (χ0v) is 13.1. The summed E-state index contributed by atoms with van der Waals surface area (Å²) < 4.78 is 3.84. The van der Waals surface area contributed by atoms with Crippen molar-refractivity contribution in [2.45, 2.75) is 25.8 Å². The second kappa shape index (κ2) is 5.73. The van der Waals surface area contributed by atoms with Crippen LogP contribution in [0.4, 0.5) is 0 Å². The molecule has 1 saturated heterocycles. The number of hydrogen-bond acceptors (Lipinski definition) is 3. The van der Waals surface area contributed by atoms with E-state index in [0.717, 1.165) is 39.9 Å². The minimum absolute atomic E-state index is 0.766. The number of halogens is 1. The molecule has 102 valence electrons. The molecule has 3 heterocycles. The fourth-order valence-electron chi connectivity index (χ4n) is 2.68. The third kappa shape index (κ3) is 2.90. The maximum atomic E-state index is 5.38. The van der Waals surface area contributed by atoms with E-state index in [-0.39, 0.29) is 0 Å². The third-order valence-electron chi connectivity index (χ3n) is 3.63. The lowest BCUT2D eigenvalue weighted by Crippen LogP contribution is -2.21. The van der Waals surface area contributed by atoms with Crippen LogP contribution in [-0.2, 0) is 6.54 Å². The van der Waals surface area contributed by atoms with Gasteiger partial charge in [0.05, 0.1) is 5.52 Å². The van der Waals surface area contributed by atoms with Gasteiger partial charge in [-0.05, 0) is 73.1 Å². The third-order valence-corrected chi connectivity index (χ3v) is 4.39. The zero-order chi connectivity index (χ0) is 13.2. The smallest absolute Gasteiger partial charge is 0.179 e. The molecule has 19 heavy (non-hydrogen) atoms. The molecule has 0 radical (unpaired) electrons. The van der Waals surface area contributed by atoms with Gasteiger partial charge in [0.1, 0.15) is 0 Å². The van der Waals surface area contributed by atoms with Crippen molar-refractivity contribution in [2.24, 2.45) is 0 Å². The van der Waals surface area contributed by atoms with Gasteiger partial charge < -0.3 is 14.5 Å². The normalized spacial score (nSPS) is 16.5. The summed E-state index contributed by atoms with van der Waals surface area (Å²) in [6.45, 7) is 4.60. The van der Waals surface area contributed by atoms with Gasteiger partial charge in [-0.15, -0.1) is 0 Å². The Morgan fingerprint density at radius 2 is 2.11 bits per heavy atom. The van der Waals surface area contributed by atoms with Gasteiger partial charge >= 0.3 is 0 Å². The van der Waals surface area contributed by atoms with E-state index in [9.17, 15) is 0 Å². The number of aromatic nitrogens is 3. The molecule has 0 spiro atoms. The summed E-state index contributed by atoms with van der Waals surface area (Å²) in [6, 6.07) is 2.02. The van der Waals surface area contributed by atoms with Crippen molar-refractivity contribution >= 4 is 39.3 Å². The molecular formula is C13H17BrN4S. The van der Waals surface area contributed by atoms with Crippen LogP contribution in [0.1, 0.15) is 19.3 Å². The summed E-state index contributed by atoms with van der Waals surface area (Å²) in [5.74, 6) is 0. The summed E-state index contributed by atoms with van der Waals surface area (Å²) in [4.78, 5) is 10.2. The topological polar surface area (TPSA) is 36.9 Å². The van der Waals surface area contributed by atoms with Crippen LogP contribution in [-0.4, -0.2) is 39.1 Å². The molecule has 1 fully saturated rings. The number of hydrogen-bond donors (Lipinski definition) is 1.